The van der Waals surface area contributed by atoms with Crippen molar-refractivity contribution in [1.29, 1.82) is 5.26 Å². The number of carbonyl (C=O) groups excluding carboxylic acids is 1. The third-order valence-corrected chi connectivity index (χ3v) is 4.67. The predicted molar refractivity (Wildman–Crippen MR) is 112 cm³/mol. The van der Waals surface area contributed by atoms with Crippen molar-refractivity contribution >= 4 is 12.0 Å². The van der Waals surface area contributed by atoms with Gasteiger partial charge in [-0.15, -0.1) is 0 Å². The Bertz CT molecular complexity index is 1100. The third kappa shape index (κ3) is 6.06. The number of hydrogen-bond acceptors (Lipinski definition) is 2. The fraction of sp³-hybridized carbons (Fsp3) is 0.120. The molecule has 0 aliphatic carbocycles. The van der Waals surface area contributed by atoms with E-state index in [1.807, 2.05) is 36.4 Å². The number of nitrogens with zero attached hydrogens (tertiary/aromatic N) is 2. The predicted octanol–water partition coefficient (Wildman–Crippen LogP) is 5.82. The maximum atomic E-state index is 13.4. The number of amides is 1. The van der Waals surface area contributed by atoms with Crippen LogP contribution in [0.3, 0.4) is 0 Å². The zero-order valence-corrected chi connectivity index (χ0v) is 16.5. The van der Waals surface area contributed by atoms with Crippen LogP contribution < -0.4 is 0 Å². The van der Waals surface area contributed by atoms with Gasteiger partial charge in [-0.05, 0) is 41.0 Å². The van der Waals surface area contributed by atoms with E-state index in [1.54, 1.807) is 30.3 Å². The van der Waals surface area contributed by atoms with Gasteiger partial charge in [-0.25, -0.2) is 0 Å². The molecular formula is C25H19F3N2O. The number of nitriles is 1. The Balaban J connectivity index is 1.87. The van der Waals surface area contributed by atoms with Crippen LogP contribution in [0.15, 0.2) is 84.9 Å². The van der Waals surface area contributed by atoms with E-state index in [4.69, 9.17) is 5.26 Å². The summed E-state index contributed by atoms with van der Waals surface area (Å²) in [6.07, 6.45) is -1.59. The highest BCUT2D eigenvalue weighted by Gasteiger charge is 2.33. The average molecular weight is 420 g/mol. The number of benzene rings is 3. The number of hydrogen-bond donors (Lipinski definition) is 0. The SMILES string of the molecule is N#Cc1ccc(/C=C/C(=O)N(Cc2ccccc2)Cc2ccccc2C(F)(F)F)cc1. The van der Waals surface area contributed by atoms with Crippen LogP contribution in [0.4, 0.5) is 13.2 Å². The summed E-state index contributed by atoms with van der Waals surface area (Å²) in [6, 6.07) is 23.0. The first-order chi connectivity index (χ1) is 14.9. The number of halogens is 3. The topological polar surface area (TPSA) is 44.1 Å². The van der Waals surface area contributed by atoms with Gasteiger partial charge >= 0.3 is 6.18 Å². The molecule has 3 aromatic rings. The zero-order valence-electron chi connectivity index (χ0n) is 16.5. The van der Waals surface area contributed by atoms with Gasteiger partial charge in [-0.2, -0.15) is 18.4 Å². The van der Waals surface area contributed by atoms with Crippen LogP contribution in [0.25, 0.3) is 6.08 Å². The number of alkyl halides is 3. The summed E-state index contributed by atoms with van der Waals surface area (Å²) in [5, 5.41) is 8.87. The van der Waals surface area contributed by atoms with E-state index in [-0.39, 0.29) is 18.7 Å². The molecule has 156 valence electrons. The molecule has 3 rings (SSSR count). The van der Waals surface area contributed by atoms with Crippen molar-refractivity contribution in [3.63, 3.8) is 0 Å². The summed E-state index contributed by atoms with van der Waals surface area (Å²) >= 11 is 0. The molecule has 0 spiro atoms. The van der Waals surface area contributed by atoms with E-state index in [0.717, 1.165) is 11.6 Å². The molecule has 1 amide bonds. The summed E-state index contributed by atoms with van der Waals surface area (Å²) in [7, 11) is 0. The van der Waals surface area contributed by atoms with Gasteiger partial charge in [-0.3, -0.25) is 4.79 Å². The Hall–Kier alpha value is -3.85. The second-order valence-corrected chi connectivity index (χ2v) is 6.90. The van der Waals surface area contributed by atoms with Gasteiger partial charge in [0.2, 0.25) is 5.91 Å². The summed E-state index contributed by atoms with van der Waals surface area (Å²) in [5.41, 5.74) is 1.30. The first kappa shape index (κ1) is 21.8. The summed E-state index contributed by atoms with van der Waals surface area (Å²) < 4.78 is 40.3. The Morgan fingerprint density at radius 2 is 1.55 bits per heavy atom. The molecule has 0 atom stereocenters. The van der Waals surface area contributed by atoms with Crippen LogP contribution in [0.1, 0.15) is 27.8 Å². The molecule has 3 nitrogen and oxygen atoms in total. The van der Waals surface area contributed by atoms with Crippen molar-refractivity contribution < 1.29 is 18.0 Å². The molecule has 0 aliphatic heterocycles. The third-order valence-electron chi connectivity index (χ3n) is 4.67. The van der Waals surface area contributed by atoms with Crippen molar-refractivity contribution in [2.45, 2.75) is 19.3 Å². The second-order valence-electron chi connectivity index (χ2n) is 6.90. The molecule has 0 aliphatic rings. The molecule has 0 radical (unpaired) electrons. The zero-order chi connectivity index (χ0) is 22.3. The van der Waals surface area contributed by atoms with Gasteiger partial charge in [0.1, 0.15) is 0 Å². The van der Waals surface area contributed by atoms with Crippen LogP contribution in [0.5, 0.6) is 0 Å². The standard InChI is InChI=1S/C25H19F3N2O/c26-25(27,28)23-9-5-4-8-22(23)18-30(17-21-6-2-1-3-7-21)24(31)15-14-19-10-12-20(16-29)13-11-19/h1-15H,17-18H2/b15-14+. The minimum absolute atomic E-state index is 0.0334. The summed E-state index contributed by atoms with van der Waals surface area (Å²) in [6.45, 7) is -0.00923. The summed E-state index contributed by atoms with van der Waals surface area (Å²) in [4.78, 5) is 14.3. The van der Waals surface area contributed by atoms with Gasteiger partial charge in [-0.1, -0.05) is 60.7 Å². The van der Waals surface area contributed by atoms with Gasteiger partial charge in [0.25, 0.3) is 0 Å². The quantitative estimate of drug-likeness (QED) is 0.472. The van der Waals surface area contributed by atoms with Crippen LogP contribution in [-0.4, -0.2) is 10.8 Å². The van der Waals surface area contributed by atoms with Crippen LogP contribution in [0, 0.1) is 11.3 Å². The van der Waals surface area contributed by atoms with Gasteiger partial charge in [0.05, 0.1) is 17.2 Å². The van der Waals surface area contributed by atoms with Crippen LogP contribution >= 0.6 is 0 Å². The highest BCUT2D eigenvalue weighted by molar-refractivity contribution is 5.91. The van der Waals surface area contributed by atoms with Crippen molar-refractivity contribution in [2.75, 3.05) is 0 Å². The molecule has 0 bridgehead atoms. The van der Waals surface area contributed by atoms with Gasteiger partial charge in [0, 0.05) is 19.2 Å². The number of carbonyl (C=O) groups is 1. The largest absolute Gasteiger partial charge is 0.416 e. The van der Waals surface area contributed by atoms with Crippen molar-refractivity contribution in [3.05, 3.63) is 113 Å². The van der Waals surface area contributed by atoms with Crippen molar-refractivity contribution in [3.8, 4) is 6.07 Å². The van der Waals surface area contributed by atoms with E-state index in [2.05, 4.69) is 0 Å². The molecule has 31 heavy (non-hydrogen) atoms. The molecule has 0 saturated carbocycles. The smallest absolute Gasteiger partial charge is 0.330 e. The van der Waals surface area contributed by atoms with E-state index < -0.39 is 17.6 Å². The van der Waals surface area contributed by atoms with E-state index in [9.17, 15) is 18.0 Å². The lowest BCUT2D eigenvalue weighted by Crippen LogP contribution is -2.29. The van der Waals surface area contributed by atoms with E-state index in [0.29, 0.717) is 11.1 Å². The Kier molecular flexibility index (Phi) is 6.88. The maximum absolute atomic E-state index is 13.4. The van der Waals surface area contributed by atoms with E-state index >= 15 is 0 Å². The second kappa shape index (κ2) is 9.77. The molecule has 0 unspecified atom stereocenters. The lowest BCUT2D eigenvalue weighted by Gasteiger charge is -2.23. The molecular weight excluding hydrogens is 401 g/mol. The minimum Gasteiger partial charge on any atom is -0.330 e. The molecule has 0 heterocycles. The molecule has 3 aromatic carbocycles. The average Bonchev–Trinajstić information content (AvgIpc) is 2.77. The van der Waals surface area contributed by atoms with Gasteiger partial charge < -0.3 is 4.90 Å². The fourth-order valence-corrected chi connectivity index (χ4v) is 3.10. The number of rotatable bonds is 6. The first-order valence-corrected chi connectivity index (χ1v) is 9.53. The lowest BCUT2D eigenvalue weighted by molar-refractivity contribution is -0.139. The van der Waals surface area contributed by atoms with Crippen LogP contribution in [0.2, 0.25) is 0 Å². The maximum Gasteiger partial charge on any atom is 0.416 e. The molecule has 6 heteroatoms. The molecule has 0 aromatic heterocycles. The molecule has 0 fully saturated rings. The monoisotopic (exact) mass is 420 g/mol. The Morgan fingerprint density at radius 1 is 0.903 bits per heavy atom. The summed E-state index contributed by atoms with van der Waals surface area (Å²) in [5.74, 6) is -0.412. The van der Waals surface area contributed by atoms with E-state index in [1.165, 1.54) is 29.2 Å². The van der Waals surface area contributed by atoms with Crippen LogP contribution in [-0.2, 0) is 24.1 Å². The highest BCUT2D eigenvalue weighted by atomic mass is 19.4. The lowest BCUT2D eigenvalue weighted by atomic mass is 10.1. The molecule has 0 N–H and O–H groups in total. The fourth-order valence-electron chi connectivity index (χ4n) is 3.10. The Morgan fingerprint density at radius 3 is 2.19 bits per heavy atom. The van der Waals surface area contributed by atoms with Gasteiger partial charge in [0.15, 0.2) is 0 Å². The van der Waals surface area contributed by atoms with Crippen molar-refractivity contribution in [1.82, 2.24) is 4.90 Å². The highest BCUT2D eigenvalue weighted by Crippen LogP contribution is 2.32. The normalized spacial score (nSPS) is 11.3. The molecule has 0 saturated heterocycles. The Labute approximate surface area is 178 Å². The van der Waals surface area contributed by atoms with Crippen molar-refractivity contribution in [2.24, 2.45) is 0 Å². The first-order valence-electron chi connectivity index (χ1n) is 9.53. The minimum atomic E-state index is -4.50.